The molecule has 0 saturated heterocycles. The van der Waals surface area contributed by atoms with Gasteiger partial charge in [0.2, 0.25) is 5.91 Å². The molecule has 0 aromatic heterocycles. The maximum Gasteiger partial charge on any atom is 0.316 e. The first-order valence-electron chi connectivity index (χ1n) is 8.19. The summed E-state index contributed by atoms with van der Waals surface area (Å²) in [7, 11) is -0.845. The molecule has 0 aliphatic rings. The van der Waals surface area contributed by atoms with E-state index >= 15 is 0 Å². The molecule has 0 radical (unpaired) electrons. The highest BCUT2D eigenvalue weighted by Gasteiger charge is 2.28. The normalized spacial score (nSPS) is 12.8. The van der Waals surface area contributed by atoms with Crippen molar-refractivity contribution >= 4 is 39.4 Å². The van der Waals surface area contributed by atoms with Gasteiger partial charge in [-0.1, -0.05) is 25.5 Å². The van der Waals surface area contributed by atoms with Gasteiger partial charge in [0, 0.05) is 13.1 Å². The monoisotopic (exact) mass is 383 g/mol. The van der Waals surface area contributed by atoms with Crippen molar-refractivity contribution in [2.45, 2.75) is 52.5 Å². The Labute approximate surface area is 156 Å². The minimum atomic E-state index is -2.54. The lowest BCUT2D eigenvalue weighted by molar-refractivity contribution is -0.130. The minimum Gasteiger partial charge on any atom is -0.365 e. The van der Waals surface area contributed by atoms with Crippen LogP contribution in [0.5, 0.6) is 0 Å². The highest BCUT2D eigenvalue weighted by molar-refractivity contribution is 7.80. The van der Waals surface area contributed by atoms with Gasteiger partial charge in [0.05, 0.1) is 11.6 Å². The zero-order valence-corrected chi connectivity index (χ0v) is 16.9. The summed E-state index contributed by atoms with van der Waals surface area (Å²) in [5, 5.41) is 3.26. The number of nitrogens with zero attached hydrogens (tertiary/aromatic N) is 2. The third kappa shape index (κ3) is 5.61. The molecule has 0 aliphatic carbocycles. The van der Waals surface area contributed by atoms with E-state index in [9.17, 15) is 13.2 Å². The van der Waals surface area contributed by atoms with Crippen molar-refractivity contribution in [2.75, 3.05) is 7.05 Å². The third-order valence-corrected chi connectivity index (χ3v) is 4.84. The van der Waals surface area contributed by atoms with Gasteiger partial charge < -0.3 is 5.32 Å². The van der Waals surface area contributed by atoms with Gasteiger partial charge in [0.15, 0.2) is 5.11 Å². The molecule has 0 aliphatic heterocycles. The Hall–Kier alpha value is -1.80. The van der Waals surface area contributed by atoms with E-state index < -0.39 is 16.4 Å². The summed E-state index contributed by atoms with van der Waals surface area (Å²) in [6.45, 7) is 7.58. The van der Waals surface area contributed by atoms with Gasteiger partial charge in [-0.15, -0.1) is 4.36 Å². The van der Waals surface area contributed by atoms with Crippen LogP contribution in [-0.2, 0) is 15.3 Å². The topological polar surface area (TPSA) is 78.8 Å². The molecule has 0 heterocycles. The van der Waals surface area contributed by atoms with Crippen LogP contribution in [0.15, 0.2) is 22.6 Å². The third-order valence-electron chi connectivity index (χ3n) is 4.09. The Morgan fingerprint density at radius 2 is 2.00 bits per heavy atom. The lowest BCUT2D eigenvalue weighted by Crippen LogP contribution is -2.48. The first-order valence-corrected chi connectivity index (χ1v) is 9.63. The van der Waals surface area contributed by atoms with Crippen LogP contribution < -0.4 is 5.32 Å². The molecular formula is C17H25N3O3S2. The number of benzene rings is 1. The molecule has 2 unspecified atom stereocenters. The maximum atomic E-state index is 13.0. The van der Waals surface area contributed by atoms with Crippen molar-refractivity contribution in [1.29, 1.82) is 0 Å². The molecule has 0 fully saturated rings. The van der Waals surface area contributed by atoms with Crippen LogP contribution >= 0.6 is 12.2 Å². The van der Waals surface area contributed by atoms with Gasteiger partial charge in [0.25, 0.3) is 0 Å². The predicted molar refractivity (Wildman–Crippen MR) is 103 cm³/mol. The molecule has 1 amide bonds. The number of hydrogen-bond acceptors (Lipinski definition) is 5. The van der Waals surface area contributed by atoms with Crippen LogP contribution in [0, 0.1) is 6.92 Å². The van der Waals surface area contributed by atoms with Gasteiger partial charge in [-0.05, 0) is 56.6 Å². The van der Waals surface area contributed by atoms with E-state index in [1.807, 2.05) is 13.0 Å². The highest BCUT2D eigenvalue weighted by Crippen LogP contribution is 2.27. The van der Waals surface area contributed by atoms with Crippen LogP contribution in [0.3, 0.4) is 0 Å². The fourth-order valence-corrected chi connectivity index (χ4v) is 3.24. The van der Waals surface area contributed by atoms with Crippen LogP contribution in [0.1, 0.15) is 50.7 Å². The SMILES string of the molecule is CCCC(C)N(C(=O)C(C)c1ccc(C)c(N=S(=O)=O)c1)C(=S)NC. The minimum absolute atomic E-state index is 0.0244. The van der Waals surface area contributed by atoms with E-state index in [2.05, 4.69) is 16.6 Å². The van der Waals surface area contributed by atoms with Crippen LogP contribution in [0.2, 0.25) is 0 Å². The standard InChI is InChI=1S/C17H25N3O3S2/c1-6-7-12(3)20(17(24)18-5)16(21)13(4)14-9-8-11(2)15(10-14)19-25(22)23/h8-10,12-13H,6-7H2,1-5H3,(H,18,24). The van der Waals surface area contributed by atoms with Crippen molar-refractivity contribution in [3.05, 3.63) is 29.3 Å². The Kier molecular flexibility index (Phi) is 8.18. The number of rotatable bonds is 6. The molecule has 2 atom stereocenters. The summed E-state index contributed by atoms with van der Waals surface area (Å²) >= 11 is 5.31. The highest BCUT2D eigenvalue weighted by atomic mass is 32.2. The number of carbonyl (C=O) groups excluding carboxylic acids is 1. The largest absolute Gasteiger partial charge is 0.365 e. The van der Waals surface area contributed by atoms with Gasteiger partial charge >= 0.3 is 10.5 Å². The van der Waals surface area contributed by atoms with E-state index in [4.69, 9.17) is 12.2 Å². The van der Waals surface area contributed by atoms with Gasteiger partial charge in [-0.3, -0.25) is 9.69 Å². The number of nitrogens with one attached hydrogen (secondary N) is 1. The average molecular weight is 384 g/mol. The van der Waals surface area contributed by atoms with Crippen LogP contribution in [0.25, 0.3) is 0 Å². The zero-order valence-electron chi connectivity index (χ0n) is 15.2. The molecule has 25 heavy (non-hydrogen) atoms. The van der Waals surface area contributed by atoms with Gasteiger partial charge in [-0.25, -0.2) is 0 Å². The van der Waals surface area contributed by atoms with E-state index in [1.54, 1.807) is 37.9 Å². The Morgan fingerprint density at radius 3 is 2.52 bits per heavy atom. The molecule has 0 spiro atoms. The van der Waals surface area contributed by atoms with Crippen molar-refractivity contribution in [3.63, 3.8) is 0 Å². The van der Waals surface area contributed by atoms with E-state index in [1.165, 1.54) is 0 Å². The molecule has 1 N–H and O–H groups in total. The molecule has 138 valence electrons. The summed E-state index contributed by atoms with van der Waals surface area (Å²) < 4.78 is 25.3. The van der Waals surface area contributed by atoms with Crippen LogP contribution in [-0.4, -0.2) is 37.4 Å². The summed E-state index contributed by atoms with van der Waals surface area (Å²) in [6.07, 6.45) is 1.78. The van der Waals surface area contributed by atoms with E-state index in [-0.39, 0.29) is 11.9 Å². The molecule has 8 heteroatoms. The fraction of sp³-hybridized carbons (Fsp3) is 0.529. The smallest absolute Gasteiger partial charge is 0.316 e. The number of amides is 1. The molecule has 1 aromatic carbocycles. The molecule has 0 bridgehead atoms. The molecule has 6 nitrogen and oxygen atoms in total. The second-order valence-electron chi connectivity index (χ2n) is 5.98. The lowest BCUT2D eigenvalue weighted by Gasteiger charge is -2.31. The number of thiocarbonyl (C=S) groups is 1. The number of carbonyl (C=O) groups is 1. The van der Waals surface area contributed by atoms with Gasteiger partial charge in [-0.2, -0.15) is 8.42 Å². The Bertz CT molecular complexity index is 767. The lowest BCUT2D eigenvalue weighted by atomic mass is 9.97. The van der Waals surface area contributed by atoms with Crippen molar-refractivity contribution in [1.82, 2.24) is 10.2 Å². The molecule has 1 aromatic rings. The molecular weight excluding hydrogens is 358 g/mol. The summed E-state index contributed by atoms with van der Waals surface area (Å²) in [5.41, 5.74) is 1.77. The summed E-state index contributed by atoms with van der Waals surface area (Å²) in [4.78, 5) is 14.6. The Morgan fingerprint density at radius 1 is 1.36 bits per heavy atom. The first-order chi connectivity index (χ1) is 11.7. The summed E-state index contributed by atoms with van der Waals surface area (Å²) in [5.74, 6) is -0.599. The second-order valence-corrected chi connectivity index (χ2v) is 6.98. The fourth-order valence-electron chi connectivity index (χ4n) is 2.61. The average Bonchev–Trinajstić information content (AvgIpc) is 2.55. The van der Waals surface area contributed by atoms with Crippen molar-refractivity contribution in [2.24, 2.45) is 4.36 Å². The van der Waals surface area contributed by atoms with Crippen LogP contribution in [0.4, 0.5) is 5.69 Å². The van der Waals surface area contributed by atoms with Crippen molar-refractivity contribution in [3.8, 4) is 0 Å². The quantitative estimate of drug-likeness (QED) is 0.763. The zero-order chi connectivity index (χ0) is 19.1. The van der Waals surface area contributed by atoms with E-state index in [0.29, 0.717) is 16.4 Å². The maximum absolute atomic E-state index is 13.0. The number of aryl methyl sites for hydroxylation is 1. The molecule has 0 saturated carbocycles. The molecule has 1 rings (SSSR count). The van der Waals surface area contributed by atoms with Crippen molar-refractivity contribution < 1.29 is 13.2 Å². The second kappa shape index (κ2) is 9.62. The Balaban J connectivity index is 3.23. The number of hydrogen-bond donors (Lipinski definition) is 1. The van der Waals surface area contributed by atoms with E-state index in [0.717, 1.165) is 18.4 Å². The first kappa shape index (κ1) is 21.2. The van der Waals surface area contributed by atoms with Gasteiger partial charge in [0.1, 0.15) is 0 Å². The summed E-state index contributed by atoms with van der Waals surface area (Å²) in [6, 6.07) is 5.19. The predicted octanol–water partition coefficient (Wildman–Crippen LogP) is 3.31.